The molecule has 18 heavy (non-hydrogen) atoms. The molecule has 0 saturated carbocycles. The molecule has 0 radical (unpaired) electrons. The van der Waals surface area contributed by atoms with E-state index in [1.165, 1.54) is 18.4 Å². The summed E-state index contributed by atoms with van der Waals surface area (Å²) in [7, 11) is 0. The molecule has 0 amide bonds. The monoisotopic (exact) mass is 242 g/mol. The van der Waals surface area contributed by atoms with Gasteiger partial charge in [0.25, 0.3) is 0 Å². The molecule has 0 aliphatic heterocycles. The van der Waals surface area contributed by atoms with Gasteiger partial charge in [0, 0.05) is 30.3 Å². The van der Waals surface area contributed by atoms with Crippen LogP contribution in [0.4, 0.5) is 0 Å². The van der Waals surface area contributed by atoms with E-state index in [2.05, 4.69) is 28.5 Å². The quantitative estimate of drug-likeness (QED) is 0.898. The first-order valence-electron chi connectivity index (χ1n) is 6.55. The van der Waals surface area contributed by atoms with Crippen LogP contribution >= 0.6 is 0 Å². The third-order valence-electron chi connectivity index (χ3n) is 3.53. The van der Waals surface area contributed by atoms with Crippen LogP contribution < -0.4 is 5.32 Å². The van der Waals surface area contributed by atoms with Gasteiger partial charge in [0.05, 0.1) is 12.0 Å². The standard InChI is InChI=1S/C15H18N2O/c1-11-4-2-5-12(17-11)10-16-14-6-3-7-15-13(14)8-9-18-15/h2,4-5,8-9,14,16H,3,6-7,10H2,1H3. The van der Waals surface area contributed by atoms with Crippen molar-refractivity contribution in [2.24, 2.45) is 0 Å². The van der Waals surface area contributed by atoms with Gasteiger partial charge in [-0.2, -0.15) is 0 Å². The van der Waals surface area contributed by atoms with Gasteiger partial charge in [0.15, 0.2) is 0 Å². The van der Waals surface area contributed by atoms with Crippen LogP contribution in [-0.2, 0) is 13.0 Å². The first-order chi connectivity index (χ1) is 8.83. The summed E-state index contributed by atoms with van der Waals surface area (Å²) in [4.78, 5) is 4.52. The number of hydrogen-bond donors (Lipinski definition) is 1. The summed E-state index contributed by atoms with van der Waals surface area (Å²) in [5.41, 5.74) is 3.50. The average Bonchev–Trinajstić information content (AvgIpc) is 2.85. The molecule has 0 bridgehead atoms. The molecule has 2 aromatic rings. The molecule has 1 aliphatic carbocycles. The largest absolute Gasteiger partial charge is 0.469 e. The molecule has 3 rings (SSSR count). The highest BCUT2D eigenvalue weighted by Gasteiger charge is 2.21. The lowest BCUT2D eigenvalue weighted by molar-refractivity contribution is 0.409. The SMILES string of the molecule is Cc1cccc(CNC2CCCc3occc32)n1. The van der Waals surface area contributed by atoms with Crippen LogP contribution in [0, 0.1) is 6.92 Å². The first kappa shape index (κ1) is 11.5. The highest BCUT2D eigenvalue weighted by molar-refractivity contribution is 5.24. The van der Waals surface area contributed by atoms with E-state index in [-0.39, 0.29) is 0 Å². The molecule has 1 atom stereocenters. The Morgan fingerprint density at radius 3 is 3.22 bits per heavy atom. The van der Waals surface area contributed by atoms with Crippen LogP contribution in [0.3, 0.4) is 0 Å². The van der Waals surface area contributed by atoms with Crippen molar-refractivity contribution in [3.05, 3.63) is 53.2 Å². The summed E-state index contributed by atoms with van der Waals surface area (Å²) in [6.07, 6.45) is 5.25. The van der Waals surface area contributed by atoms with Gasteiger partial charge < -0.3 is 9.73 Å². The molecule has 1 unspecified atom stereocenters. The molecule has 2 aromatic heterocycles. The molecule has 3 heteroatoms. The maximum Gasteiger partial charge on any atom is 0.108 e. The molecule has 1 N–H and O–H groups in total. The fourth-order valence-electron chi connectivity index (χ4n) is 2.62. The Morgan fingerprint density at radius 1 is 1.39 bits per heavy atom. The van der Waals surface area contributed by atoms with Crippen molar-refractivity contribution < 1.29 is 4.42 Å². The van der Waals surface area contributed by atoms with Gasteiger partial charge >= 0.3 is 0 Å². The van der Waals surface area contributed by atoms with Crippen molar-refractivity contribution in [2.45, 2.75) is 38.8 Å². The normalized spacial score (nSPS) is 18.6. The number of furan rings is 1. The molecule has 2 heterocycles. The zero-order valence-electron chi connectivity index (χ0n) is 10.6. The molecule has 0 aromatic carbocycles. The number of nitrogens with one attached hydrogen (secondary N) is 1. The molecular formula is C15H18N2O. The Balaban J connectivity index is 1.68. The Bertz CT molecular complexity index is 533. The van der Waals surface area contributed by atoms with Gasteiger partial charge in [0.2, 0.25) is 0 Å². The molecule has 0 saturated heterocycles. The fourth-order valence-corrected chi connectivity index (χ4v) is 2.62. The van der Waals surface area contributed by atoms with Crippen molar-refractivity contribution in [1.29, 1.82) is 0 Å². The summed E-state index contributed by atoms with van der Waals surface area (Å²) in [5.74, 6) is 1.15. The van der Waals surface area contributed by atoms with Crippen LogP contribution in [0.2, 0.25) is 0 Å². The van der Waals surface area contributed by atoms with E-state index in [0.717, 1.165) is 30.1 Å². The Morgan fingerprint density at radius 2 is 2.33 bits per heavy atom. The highest BCUT2D eigenvalue weighted by Crippen LogP contribution is 2.30. The van der Waals surface area contributed by atoms with E-state index in [9.17, 15) is 0 Å². The zero-order valence-corrected chi connectivity index (χ0v) is 10.6. The van der Waals surface area contributed by atoms with Crippen molar-refractivity contribution in [3.63, 3.8) is 0 Å². The van der Waals surface area contributed by atoms with Crippen molar-refractivity contribution in [1.82, 2.24) is 10.3 Å². The number of aryl methyl sites for hydroxylation is 2. The predicted molar refractivity (Wildman–Crippen MR) is 70.2 cm³/mol. The van der Waals surface area contributed by atoms with Crippen LogP contribution in [0.1, 0.15) is 41.6 Å². The first-order valence-corrected chi connectivity index (χ1v) is 6.55. The van der Waals surface area contributed by atoms with Gasteiger partial charge in [-0.05, 0) is 38.0 Å². The number of rotatable bonds is 3. The summed E-state index contributed by atoms with van der Waals surface area (Å²) >= 11 is 0. The number of hydrogen-bond acceptors (Lipinski definition) is 3. The van der Waals surface area contributed by atoms with E-state index < -0.39 is 0 Å². The second-order valence-electron chi connectivity index (χ2n) is 4.90. The summed E-state index contributed by atoms with van der Waals surface area (Å²) in [6.45, 7) is 2.84. The molecule has 3 nitrogen and oxygen atoms in total. The third kappa shape index (κ3) is 2.31. The van der Waals surface area contributed by atoms with Crippen molar-refractivity contribution in [2.75, 3.05) is 0 Å². The van der Waals surface area contributed by atoms with Gasteiger partial charge in [-0.3, -0.25) is 4.98 Å². The minimum Gasteiger partial charge on any atom is -0.469 e. The van der Waals surface area contributed by atoms with Crippen LogP contribution in [0.15, 0.2) is 34.9 Å². The van der Waals surface area contributed by atoms with E-state index in [1.807, 2.05) is 13.0 Å². The maximum atomic E-state index is 5.50. The topological polar surface area (TPSA) is 38.1 Å². The molecule has 0 spiro atoms. The number of pyridine rings is 1. The maximum absolute atomic E-state index is 5.50. The average molecular weight is 242 g/mol. The zero-order chi connectivity index (χ0) is 12.4. The molecular weight excluding hydrogens is 224 g/mol. The summed E-state index contributed by atoms with van der Waals surface area (Å²) < 4.78 is 5.50. The minimum absolute atomic E-state index is 0.412. The van der Waals surface area contributed by atoms with Gasteiger partial charge in [-0.1, -0.05) is 6.07 Å². The van der Waals surface area contributed by atoms with E-state index in [1.54, 1.807) is 6.26 Å². The Hall–Kier alpha value is -1.61. The van der Waals surface area contributed by atoms with E-state index in [4.69, 9.17) is 4.42 Å². The predicted octanol–water partition coefficient (Wildman–Crippen LogP) is 3.15. The lowest BCUT2D eigenvalue weighted by atomic mass is 9.93. The smallest absolute Gasteiger partial charge is 0.108 e. The Labute approximate surface area is 107 Å². The van der Waals surface area contributed by atoms with Crippen LogP contribution in [0.25, 0.3) is 0 Å². The lowest BCUT2D eigenvalue weighted by Crippen LogP contribution is -2.24. The van der Waals surface area contributed by atoms with Crippen LogP contribution in [0.5, 0.6) is 0 Å². The molecule has 1 aliphatic rings. The fraction of sp³-hybridized carbons (Fsp3) is 0.400. The van der Waals surface area contributed by atoms with Crippen molar-refractivity contribution in [3.8, 4) is 0 Å². The molecule has 0 fully saturated rings. The third-order valence-corrected chi connectivity index (χ3v) is 3.53. The van der Waals surface area contributed by atoms with Crippen molar-refractivity contribution >= 4 is 0 Å². The van der Waals surface area contributed by atoms with E-state index in [0.29, 0.717) is 6.04 Å². The second-order valence-corrected chi connectivity index (χ2v) is 4.90. The van der Waals surface area contributed by atoms with E-state index >= 15 is 0 Å². The lowest BCUT2D eigenvalue weighted by Gasteiger charge is -2.22. The van der Waals surface area contributed by atoms with Gasteiger partial charge in [-0.25, -0.2) is 0 Å². The molecule has 94 valence electrons. The number of aromatic nitrogens is 1. The van der Waals surface area contributed by atoms with Gasteiger partial charge in [0.1, 0.15) is 5.76 Å². The highest BCUT2D eigenvalue weighted by atomic mass is 16.3. The second kappa shape index (κ2) is 4.94. The van der Waals surface area contributed by atoms with Gasteiger partial charge in [-0.15, -0.1) is 0 Å². The summed E-state index contributed by atoms with van der Waals surface area (Å²) in [5, 5.41) is 3.58. The number of nitrogens with zero attached hydrogens (tertiary/aromatic N) is 1. The summed E-state index contributed by atoms with van der Waals surface area (Å²) in [6, 6.07) is 8.66. The van der Waals surface area contributed by atoms with Crippen LogP contribution in [-0.4, -0.2) is 4.98 Å². The minimum atomic E-state index is 0.412. The Kier molecular flexibility index (Phi) is 3.15. The number of fused-ring (bicyclic) bond motifs is 1.